The molecule has 2 unspecified atom stereocenters. The SMILES string of the molecule is CC1C=CC=C2OC=CC21. The Morgan fingerprint density at radius 1 is 1.40 bits per heavy atom. The molecule has 1 nitrogen and oxygen atoms in total. The van der Waals surface area contributed by atoms with Gasteiger partial charge in [-0.25, -0.2) is 0 Å². The first kappa shape index (κ1) is 5.78. The second-order valence-corrected chi connectivity index (χ2v) is 2.79. The Balaban J connectivity index is 2.31. The van der Waals surface area contributed by atoms with Gasteiger partial charge in [-0.3, -0.25) is 0 Å². The average molecular weight is 134 g/mol. The van der Waals surface area contributed by atoms with Gasteiger partial charge in [0.05, 0.1) is 6.26 Å². The average Bonchev–Trinajstić information content (AvgIpc) is 2.36. The van der Waals surface area contributed by atoms with Crippen molar-refractivity contribution in [1.82, 2.24) is 0 Å². The fraction of sp³-hybridized carbons (Fsp3) is 0.333. The summed E-state index contributed by atoms with van der Waals surface area (Å²) in [6, 6.07) is 0. The van der Waals surface area contributed by atoms with Crippen LogP contribution in [0.2, 0.25) is 0 Å². The van der Waals surface area contributed by atoms with Crippen LogP contribution in [-0.2, 0) is 4.74 Å². The Hall–Kier alpha value is -0.980. The van der Waals surface area contributed by atoms with Gasteiger partial charge in [-0.05, 0) is 18.1 Å². The van der Waals surface area contributed by atoms with Crippen molar-refractivity contribution in [3.63, 3.8) is 0 Å². The van der Waals surface area contributed by atoms with Crippen LogP contribution in [0.5, 0.6) is 0 Å². The van der Waals surface area contributed by atoms with Gasteiger partial charge in [0.25, 0.3) is 0 Å². The quantitative estimate of drug-likeness (QED) is 0.493. The minimum atomic E-state index is 0.505. The summed E-state index contributed by atoms with van der Waals surface area (Å²) in [5.41, 5.74) is 0. The van der Waals surface area contributed by atoms with E-state index < -0.39 is 0 Å². The van der Waals surface area contributed by atoms with Crippen molar-refractivity contribution in [3.05, 3.63) is 36.3 Å². The molecular formula is C9H10O. The van der Waals surface area contributed by atoms with Crippen molar-refractivity contribution in [1.29, 1.82) is 0 Å². The maximum Gasteiger partial charge on any atom is 0.111 e. The molecule has 1 aliphatic carbocycles. The number of fused-ring (bicyclic) bond motifs is 1. The largest absolute Gasteiger partial charge is 0.469 e. The van der Waals surface area contributed by atoms with Crippen LogP contribution < -0.4 is 0 Å². The highest BCUT2D eigenvalue weighted by atomic mass is 16.5. The van der Waals surface area contributed by atoms with E-state index >= 15 is 0 Å². The lowest BCUT2D eigenvalue weighted by molar-refractivity contribution is 0.323. The summed E-state index contributed by atoms with van der Waals surface area (Å²) in [6.07, 6.45) is 10.2. The van der Waals surface area contributed by atoms with Gasteiger partial charge < -0.3 is 4.74 Å². The molecule has 0 amide bonds. The molecule has 0 aromatic rings. The minimum absolute atomic E-state index is 0.505. The molecule has 10 heavy (non-hydrogen) atoms. The van der Waals surface area contributed by atoms with E-state index in [4.69, 9.17) is 4.74 Å². The van der Waals surface area contributed by atoms with Gasteiger partial charge in [0.1, 0.15) is 5.76 Å². The van der Waals surface area contributed by atoms with Gasteiger partial charge in [0, 0.05) is 5.92 Å². The van der Waals surface area contributed by atoms with Crippen molar-refractivity contribution >= 4 is 0 Å². The number of ether oxygens (including phenoxy) is 1. The normalized spacial score (nSPS) is 35.1. The predicted octanol–water partition coefficient (Wildman–Crippen LogP) is 2.24. The van der Waals surface area contributed by atoms with Crippen molar-refractivity contribution in [3.8, 4) is 0 Å². The zero-order chi connectivity index (χ0) is 6.97. The van der Waals surface area contributed by atoms with Gasteiger partial charge in [0.15, 0.2) is 0 Å². The predicted molar refractivity (Wildman–Crippen MR) is 40.1 cm³/mol. The summed E-state index contributed by atoms with van der Waals surface area (Å²) in [6.45, 7) is 2.20. The Labute approximate surface area is 60.7 Å². The Bertz CT molecular complexity index is 223. The van der Waals surface area contributed by atoms with E-state index in [1.54, 1.807) is 6.26 Å². The maximum absolute atomic E-state index is 5.26. The third-order valence-electron chi connectivity index (χ3n) is 2.06. The van der Waals surface area contributed by atoms with Crippen LogP contribution in [0.4, 0.5) is 0 Å². The molecule has 0 aromatic carbocycles. The third-order valence-corrected chi connectivity index (χ3v) is 2.06. The summed E-state index contributed by atoms with van der Waals surface area (Å²) >= 11 is 0. The molecule has 0 saturated carbocycles. The first-order valence-electron chi connectivity index (χ1n) is 3.59. The van der Waals surface area contributed by atoms with Crippen molar-refractivity contribution in [2.24, 2.45) is 11.8 Å². The van der Waals surface area contributed by atoms with Gasteiger partial charge in [-0.15, -0.1) is 0 Å². The van der Waals surface area contributed by atoms with Crippen LogP contribution >= 0.6 is 0 Å². The van der Waals surface area contributed by atoms with Crippen molar-refractivity contribution in [2.45, 2.75) is 6.92 Å². The van der Waals surface area contributed by atoms with Crippen LogP contribution in [0, 0.1) is 11.8 Å². The summed E-state index contributed by atoms with van der Waals surface area (Å²) in [5.74, 6) is 2.19. The monoisotopic (exact) mass is 134 g/mol. The molecule has 0 aromatic heterocycles. The number of hydrogen-bond acceptors (Lipinski definition) is 1. The molecule has 0 radical (unpaired) electrons. The lowest BCUT2D eigenvalue weighted by atomic mass is 9.89. The number of hydrogen-bond donors (Lipinski definition) is 0. The second-order valence-electron chi connectivity index (χ2n) is 2.79. The summed E-state index contributed by atoms with van der Waals surface area (Å²) in [7, 11) is 0. The highest BCUT2D eigenvalue weighted by molar-refractivity contribution is 5.25. The first-order valence-corrected chi connectivity index (χ1v) is 3.59. The van der Waals surface area contributed by atoms with Gasteiger partial charge in [-0.1, -0.05) is 19.1 Å². The molecule has 0 bridgehead atoms. The van der Waals surface area contributed by atoms with E-state index in [9.17, 15) is 0 Å². The van der Waals surface area contributed by atoms with Crippen LogP contribution in [0.1, 0.15) is 6.92 Å². The van der Waals surface area contributed by atoms with Crippen LogP contribution in [-0.4, -0.2) is 0 Å². The number of allylic oxidation sites excluding steroid dienone is 4. The van der Waals surface area contributed by atoms with Gasteiger partial charge in [-0.2, -0.15) is 0 Å². The summed E-state index contributed by atoms with van der Waals surface area (Å²) < 4.78 is 5.26. The van der Waals surface area contributed by atoms with Crippen LogP contribution in [0.15, 0.2) is 36.3 Å². The summed E-state index contributed by atoms with van der Waals surface area (Å²) in [5, 5.41) is 0. The lowest BCUT2D eigenvalue weighted by Crippen LogP contribution is -2.09. The molecule has 0 saturated heterocycles. The molecule has 1 aliphatic heterocycles. The van der Waals surface area contributed by atoms with Crippen molar-refractivity contribution < 1.29 is 4.74 Å². The first-order chi connectivity index (χ1) is 4.88. The number of rotatable bonds is 0. The van der Waals surface area contributed by atoms with E-state index in [-0.39, 0.29) is 0 Å². The topological polar surface area (TPSA) is 9.23 Å². The molecule has 2 aliphatic rings. The lowest BCUT2D eigenvalue weighted by Gasteiger charge is -2.17. The zero-order valence-electron chi connectivity index (χ0n) is 5.95. The molecule has 2 atom stereocenters. The Morgan fingerprint density at radius 3 is 3.10 bits per heavy atom. The molecule has 1 heteroatoms. The second kappa shape index (κ2) is 2.01. The molecule has 0 spiro atoms. The van der Waals surface area contributed by atoms with Crippen molar-refractivity contribution in [2.75, 3.05) is 0 Å². The van der Waals surface area contributed by atoms with Crippen LogP contribution in [0.25, 0.3) is 0 Å². The zero-order valence-corrected chi connectivity index (χ0v) is 5.95. The van der Waals surface area contributed by atoms with E-state index in [0.29, 0.717) is 11.8 Å². The van der Waals surface area contributed by atoms with Gasteiger partial charge >= 0.3 is 0 Å². The highest BCUT2D eigenvalue weighted by Crippen LogP contribution is 2.32. The standard InChI is InChI=1S/C9H10O/c1-7-3-2-4-9-8(7)5-6-10-9/h2-8H,1H3. The Kier molecular flexibility index (Phi) is 1.16. The van der Waals surface area contributed by atoms with Crippen LogP contribution in [0.3, 0.4) is 0 Å². The van der Waals surface area contributed by atoms with Gasteiger partial charge in [0.2, 0.25) is 0 Å². The third kappa shape index (κ3) is 0.703. The molecule has 0 fully saturated rings. The molecule has 2 rings (SSSR count). The summed E-state index contributed by atoms with van der Waals surface area (Å²) in [4.78, 5) is 0. The fourth-order valence-electron chi connectivity index (χ4n) is 1.41. The molecule has 0 N–H and O–H groups in total. The maximum atomic E-state index is 5.26. The van der Waals surface area contributed by atoms with E-state index in [1.807, 2.05) is 6.08 Å². The highest BCUT2D eigenvalue weighted by Gasteiger charge is 2.23. The fourth-order valence-corrected chi connectivity index (χ4v) is 1.41. The molecule has 52 valence electrons. The minimum Gasteiger partial charge on any atom is -0.469 e. The molecular weight excluding hydrogens is 124 g/mol. The van der Waals surface area contributed by atoms with E-state index in [1.165, 1.54) is 0 Å². The van der Waals surface area contributed by atoms with E-state index in [2.05, 4.69) is 25.2 Å². The molecule has 1 heterocycles. The van der Waals surface area contributed by atoms with E-state index in [0.717, 1.165) is 5.76 Å². The smallest absolute Gasteiger partial charge is 0.111 e. The Morgan fingerprint density at radius 2 is 2.30 bits per heavy atom.